The first kappa shape index (κ1) is 12.0. The van der Waals surface area contributed by atoms with Crippen LogP contribution < -0.4 is 15.4 Å². The van der Waals surface area contributed by atoms with Crippen LogP contribution in [0.1, 0.15) is 13.8 Å². The topological polar surface area (TPSA) is 46.2 Å². The summed E-state index contributed by atoms with van der Waals surface area (Å²) in [6, 6.07) is 4.07. The predicted molar refractivity (Wildman–Crippen MR) is 74.5 cm³/mol. The van der Waals surface area contributed by atoms with Crippen molar-refractivity contribution >= 4 is 32.4 Å². The lowest BCUT2D eigenvalue weighted by Gasteiger charge is -2.11. The van der Waals surface area contributed by atoms with E-state index in [1.165, 1.54) is 0 Å². The third kappa shape index (κ3) is 2.44. The summed E-state index contributed by atoms with van der Waals surface area (Å²) in [5.41, 5.74) is 1.96. The van der Waals surface area contributed by atoms with Gasteiger partial charge in [-0.3, -0.25) is 0 Å². The van der Waals surface area contributed by atoms with Gasteiger partial charge in [0.25, 0.3) is 0 Å². The minimum atomic E-state index is 0.144. The Bertz CT molecular complexity index is 522. The van der Waals surface area contributed by atoms with Crippen LogP contribution in [-0.4, -0.2) is 25.2 Å². The smallest absolute Gasteiger partial charge is 0.183 e. The van der Waals surface area contributed by atoms with Crippen LogP contribution in [0.4, 0.5) is 10.8 Å². The minimum absolute atomic E-state index is 0.144. The highest BCUT2D eigenvalue weighted by Gasteiger charge is 2.11. The zero-order valence-corrected chi connectivity index (χ0v) is 11.3. The number of hydrogen-bond donors (Lipinski definition) is 2. The lowest BCUT2D eigenvalue weighted by atomic mass is 10.2. The maximum Gasteiger partial charge on any atom is 0.183 e. The van der Waals surface area contributed by atoms with E-state index in [1.807, 2.05) is 34.0 Å². The van der Waals surface area contributed by atoms with Gasteiger partial charge in [0, 0.05) is 25.8 Å². The van der Waals surface area contributed by atoms with Crippen LogP contribution in [-0.2, 0) is 0 Å². The summed E-state index contributed by atoms with van der Waals surface area (Å²) in [6.45, 7) is 4.03. The molecule has 0 atom stereocenters. The van der Waals surface area contributed by atoms with E-state index in [0.29, 0.717) is 0 Å². The molecule has 0 bridgehead atoms. The number of rotatable bonds is 4. The molecule has 0 aliphatic heterocycles. The highest BCUT2D eigenvalue weighted by Crippen LogP contribution is 2.35. The molecule has 0 fully saturated rings. The normalized spacial score (nSPS) is 10.9. The summed E-state index contributed by atoms with van der Waals surface area (Å²) < 4.78 is 6.93. The predicted octanol–water partition coefficient (Wildman–Crippen LogP) is 3.17. The molecule has 1 aromatic heterocycles. The van der Waals surface area contributed by atoms with Crippen LogP contribution in [0.15, 0.2) is 12.1 Å². The molecular weight excluding hydrogens is 234 g/mol. The van der Waals surface area contributed by atoms with Crippen molar-refractivity contribution in [2.45, 2.75) is 20.0 Å². The van der Waals surface area contributed by atoms with Crippen molar-refractivity contribution in [3.63, 3.8) is 0 Å². The van der Waals surface area contributed by atoms with Gasteiger partial charge in [0.15, 0.2) is 5.13 Å². The minimum Gasteiger partial charge on any atom is -0.489 e. The molecule has 5 heteroatoms. The summed E-state index contributed by atoms with van der Waals surface area (Å²) in [5, 5.41) is 7.11. The molecular formula is C12H17N3OS. The zero-order chi connectivity index (χ0) is 12.4. The number of thiazole rings is 1. The van der Waals surface area contributed by atoms with Gasteiger partial charge in [0.1, 0.15) is 11.3 Å². The molecule has 4 nitrogen and oxygen atoms in total. The Balaban J connectivity index is 2.56. The highest BCUT2D eigenvalue weighted by molar-refractivity contribution is 7.22. The number of hydrogen-bond acceptors (Lipinski definition) is 5. The first-order valence-electron chi connectivity index (χ1n) is 5.60. The van der Waals surface area contributed by atoms with Gasteiger partial charge in [-0.05, 0) is 19.9 Å². The van der Waals surface area contributed by atoms with Crippen molar-refractivity contribution < 1.29 is 4.74 Å². The van der Waals surface area contributed by atoms with E-state index in [9.17, 15) is 0 Å². The van der Waals surface area contributed by atoms with Gasteiger partial charge in [-0.1, -0.05) is 11.3 Å². The van der Waals surface area contributed by atoms with Crippen molar-refractivity contribution in [3.8, 4) is 5.75 Å². The molecule has 0 unspecified atom stereocenters. The molecule has 0 aliphatic carbocycles. The van der Waals surface area contributed by atoms with Gasteiger partial charge >= 0.3 is 0 Å². The molecule has 0 amide bonds. The second kappa shape index (κ2) is 4.79. The fraction of sp³-hybridized carbons (Fsp3) is 0.417. The van der Waals surface area contributed by atoms with Gasteiger partial charge in [-0.15, -0.1) is 0 Å². The van der Waals surface area contributed by atoms with E-state index >= 15 is 0 Å². The molecule has 17 heavy (non-hydrogen) atoms. The Hall–Kier alpha value is -1.49. The zero-order valence-electron chi connectivity index (χ0n) is 10.5. The summed E-state index contributed by atoms with van der Waals surface area (Å²) in [5.74, 6) is 0.833. The van der Waals surface area contributed by atoms with Crippen LogP contribution in [0.5, 0.6) is 5.75 Å². The number of ether oxygens (including phenoxy) is 1. The standard InChI is InChI=1S/C12H17N3OS/c1-7(2)16-9-5-8(13-3)6-10-11(9)15-12(14-4)17-10/h5-7,13H,1-4H3,(H,14,15). The van der Waals surface area contributed by atoms with E-state index < -0.39 is 0 Å². The van der Waals surface area contributed by atoms with Crippen molar-refractivity contribution in [2.24, 2.45) is 0 Å². The van der Waals surface area contributed by atoms with Crippen LogP contribution in [0, 0.1) is 0 Å². The summed E-state index contributed by atoms with van der Waals surface area (Å²) in [6.07, 6.45) is 0.144. The molecule has 0 saturated heterocycles. The Labute approximate surface area is 105 Å². The van der Waals surface area contributed by atoms with E-state index in [-0.39, 0.29) is 6.10 Å². The van der Waals surface area contributed by atoms with E-state index in [2.05, 4.69) is 21.7 Å². The fourth-order valence-corrected chi connectivity index (χ4v) is 2.47. The molecule has 2 N–H and O–H groups in total. The van der Waals surface area contributed by atoms with Crippen LogP contribution in [0.2, 0.25) is 0 Å². The Morgan fingerprint density at radius 2 is 2.00 bits per heavy atom. The molecule has 92 valence electrons. The second-order valence-corrected chi connectivity index (χ2v) is 5.04. The van der Waals surface area contributed by atoms with Crippen molar-refractivity contribution in [1.82, 2.24) is 4.98 Å². The first-order chi connectivity index (χ1) is 8.13. The average molecular weight is 251 g/mol. The number of anilines is 2. The third-order valence-corrected chi connectivity index (χ3v) is 3.35. The molecule has 0 radical (unpaired) electrons. The molecule has 0 spiro atoms. The van der Waals surface area contributed by atoms with Crippen molar-refractivity contribution in [2.75, 3.05) is 24.7 Å². The van der Waals surface area contributed by atoms with E-state index in [0.717, 1.165) is 26.8 Å². The summed E-state index contributed by atoms with van der Waals surface area (Å²) in [4.78, 5) is 4.51. The summed E-state index contributed by atoms with van der Waals surface area (Å²) >= 11 is 1.63. The lowest BCUT2D eigenvalue weighted by Crippen LogP contribution is -2.06. The van der Waals surface area contributed by atoms with Crippen molar-refractivity contribution in [3.05, 3.63) is 12.1 Å². The van der Waals surface area contributed by atoms with Gasteiger partial charge in [-0.25, -0.2) is 4.98 Å². The SMILES string of the molecule is CNc1cc(OC(C)C)c2nc(NC)sc2c1. The summed E-state index contributed by atoms with van der Waals surface area (Å²) in [7, 11) is 3.78. The average Bonchev–Trinajstić information content (AvgIpc) is 2.71. The Kier molecular flexibility index (Phi) is 3.38. The number of fused-ring (bicyclic) bond motifs is 1. The van der Waals surface area contributed by atoms with Gasteiger partial charge < -0.3 is 15.4 Å². The maximum absolute atomic E-state index is 5.80. The maximum atomic E-state index is 5.80. The Morgan fingerprint density at radius 1 is 1.24 bits per heavy atom. The molecule has 1 aromatic carbocycles. The molecule has 2 rings (SSSR count). The number of aromatic nitrogens is 1. The number of benzene rings is 1. The largest absolute Gasteiger partial charge is 0.489 e. The van der Waals surface area contributed by atoms with Crippen molar-refractivity contribution in [1.29, 1.82) is 0 Å². The van der Waals surface area contributed by atoms with Gasteiger partial charge in [0.05, 0.1) is 10.8 Å². The highest BCUT2D eigenvalue weighted by atomic mass is 32.1. The second-order valence-electron chi connectivity index (χ2n) is 4.01. The first-order valence-corrected chi connectivity index (χ1v) is 6.42. The molecule has 0 saturated carbocycles. The number of nitrogens with one attached hydrogen (secondary N) is 2. The molecule has 1 heterocycles. The molecule has 0 aliphatic rings. The lowest BCUT2D eigenvalue weighted by molar-refractivity contribution is 0.245. The van der Waals surface area contributed by atoms with Crippen LogP contribution >= 0.6 is 11.3 Å². The monoisotopic (exact) mass is 251 g/mol. The Morgan fingerprint density at radius 3 is 2.59 bits per heavy atom. The third-order valence-electron chi connectivity index (χ3n) is 2.33. The fourth-order valence-electron chi connectivity index (χ4n) is 1.59. The van der Waals surface area contributed by atoms with Crippen LogP contribution in [0.25, 0.3) is 10.2 Å². The van der Waals surface area contributed by atoms with Crippen LogP contribution in [0.3, 0.4) is 0 Å². The van der Waals surface area contributed by atoms with E-state index in [1.54, 1.807) is 11.3 Å². The quantitative estimate of drug-likeness (QED) is 0.876. The van der Waals surface area contributed by atoms with Gasteiger partial charge in [0.2, 0.25) is 0 Å². The number of nitrogens with zero attached hydrogens (tertiary/aromatic N) is 1. The molecule has 2 aromatic rings. The van der Waals surface area contributed by atoms with Gasteiger partial charge in [-0.2, -0.15) is 0 Å². The van der Waals surface area contributed by atoms with E-state index in [4.69, 9.17) is 4.74 Å².